The van der Waals surface area contributed by atoms with Crippen molar-refractivity contribution < 1.29 is 23.4 Å². The van der Waals surface area contributed by atoms with Gasteiger partial charge in [-0.05, 0) is 17.7 Å². The number of carbonyl (C=O) groups excluding carboxylic acids is 1. The minimum atomic E-state index is -0.839. The van der Waals surface area contributed by atoms with Gasteiger partial charge in [0.25, 0.3) is 0 Å². The molecule has 0 aliphatic heterocycles. The van der Waals surface area contributed by atoms with Crippen LogP contribution in [0.5, 0.6) is 17.2 Å². The summed E-state index contributed by atoms with van der Waals surface area (Å²) in [5, 5.41) is 3.00. The van der Waals surface area contributed by atoms with E-state index in [1.165, 1.54) is 45.6 Å². The normalized spacial score (nSPS) is 11.5. The minimum absolute atomic E-state index is 0.394. The van der Waals surface area contributed by atoms with Gasteiger partial charge in [0.15, 0.2) is 11.5 Å². The number of methoxy groups -OCH3 is 3. The number of amides is 1. The van der Waals surface area contributed by atoms with Gasteiger partial charge in [-0.25, -0.2) is 4.39 Å². The first-order chi connectivity index (χ1) is 11.5. The van der Waals surface area contributed by atoms with Gasteiger partial charge in [-0.1, -0.05) is 12.1 Å². The molecule has 2 aromatic carbocycles. The van der Waals surface area contributed by atoms with Gasteiger partial charge in [0.1, 0.15) is 11.9 Å². The molecule has 0 aliphatic rings. The molecule has 0 fully saturated rings. The van der Waals surface area contributed by atoms with Crippen molar-refractivity contribution in [2.24, 2.45) is 5.73 Å². The molecule has 0 heterocycles. The standard InChI is InChI=1S/C17H19FN2O4/c1-22-13-8-12(9-14(23-2)16(13)24-3)20-15(17(19)21)10-4-6-11(18)7-5-10/h4-9,15,20H,1-3H3,(H2,19,21). The van der Waals surface area contributed by atoms with Crippen LogP contribution in [0.4, 0.5) is 10.1 Å². The van der Waals surface area contributed by atoms with Crippen molar-refractivity contribution in [3.63, 3.8) is 0 Å². The molecule has 2 aromatic rings. The van der Waals surface area contributed by atoms with E-state index in [4.69, 9.17) is 19.9 Å². The Labute approximate surface area is 139 Å². The summed E-state index contributed by atoms with van der Waals surface area (Å²) in [5.74, 6) is 0.302. The monoisotopic (exact) mass is 334 g/mol. The number of anilines is 1. The Morgan fingerprint density at radius 2 is 1.58 bits per heavy atom. The lowest BCUT2D eigenvalue weighted by atomic mass is 10.1. The number of benzene rings is 2. The van der Waals surface area contributed by atoms with Gasteiger partial charge in [0.2, 0.25) is 11.7 Å². The van der Waals surface area contributed by atoms with E-state index >= 15 is 0 Å². The van der Waals surface area contributed by atoms with Crippen molar-refractivity contribution in [3.8, 4) is 17.2 Å². The molecular formula is C17H19FN2O4. The summed E-state index contributed by atoms with van der Waals surface area (Å²) >= 11 is 0. The van der Waals surface area contributed by atoms with Gasteiger partial charge in [-0.3, -0.25) is 4.79 Å². The number of nitrogens with two attached hydrogens (primary N) is 1. The zero-order valence-electron chi connectivity index (χ0n) is 13.6. The Morgan fingerprint density at radius 1 is 1.04 bits per heavy atom. The van der Waals surface area contributed by atoms with Gasteiger partial charge < -0.3 is 25.3 Å². The number of halogens is 1. The van der Waals surface area contributed by atoms with Gasteiger partial charge in [-0.15, -0.1) is 0 Å². The van der Waals surface area contributed by atoms with Gasteiger partial charge in [0, 0.05) is 17.8 Å². The van der Waals surface area contributed by atoms with E-state index in [1.807, 2.05) is 0 Å². The predicted octanol–water partition coefficient (Wildman–Crippen LogP) is 2.49. The summed E-state index contributed by atoms with van der Waals surface area (Å²) in [6.45, 7) is 0. The Morgan fingerprint density at radius 3 is 2.00 bits per heavy atom. The van der Waals surface area contributed by atoms with Crippen molar-refractivity contribution in [2.75, 3.05) is 26.6 Å². The summed E-state index contributed by atoms with van der Waals surface area (Å²) in [5.41, 5.74) is 6.55. The smallest absolute Gasteiger partial charge is 0.244 e. The Bertz CT molecular complexity index is 694. The van der Waals surface area contributed by atoms with E-state index in [1.54, 1.807) is 12.1 Å². The van der Waals surface area contributed by atoms with E-state index < -0.39 is 17.8 Å². The van der Waals surface area contributed by atoms with Crippen LogP contribution in [0.1, 0.15) is 11.6 Å². The van der Waals surface area contributed by atoms with Crippen molar-refractivity contribution in [1.29, 1.82) is 0 Å². The maximum Gasteiger partial charge on any atom is 0.244 e. The van der Waals surface area contributed by atoms with E-state index in [0.29, 0.717) is 28.5 Å². The van der Waals surface area contributed by atoms with Crippen LogP contribution in [0.2, 0.25) is 0 Å². The summed E-state index contributed by atoms with van der Waals surface area (Å²) < 4.78 is 28.9. The summed E-state index contributed by atoms with van der Waals surface area (Å²) in [6.07, 6.45) is 0. The third-order valence-electron chi connectivity index (χ3n) is 3.46. The second kappa shape index (κ2) is 7.54. The number of nitrogens with one attached hydrogen (secondary N) is 1. The average molecular weight is 334 g/mol. The molecule has 0 saturated heterocycles. The molecule has 0 radical (unpaired) electrons. The lowest BCUT2D eigenvalue weighted by molar-refractivity contribution is -0.118. The molecular weight excluding hydrogens is 315 g/mol. The number of hydrogen-bond acceptors (Lipinski definition) is 5. The number of hydrogen-bond donors (Lipinski definition) is 2. The number of rotatable bonds is 7. The van der Waals surface area contributed by atoms with Crippen molar-refractivity contribution in [2.45, 2.75) is 6.04 Å². The topological polar surface area (TPSA) is 82.8 Å². The van der Waals surface area contributed by atoms with E-state index in [-0.39, 0.29) is 0 Å². The highest BCUT2D eigenvalue weighted by molar-refractivity contribution is 5.84. The molecule has 0 aromatic heterocycles. The molecule has 0 bridgehead atoms. The van der Waals surface area contributed by atoms with Gasteiger partial charge >= 0.3 is 0 Å². The molecule has 24 heavy (non-hydrogen) atoms. The highest BCUT2D eigenvalue weighted by Gasteiger charge is 2.20. The van der Waals surface area contributed by atoms with Crippen molar-refractivity contribution in [1.82, 2.24) is 0 Å². The first kappa shape index (κ1) is 17.4. The highest BCUT2D eigenvalue weighted by Crippen LogP contribution is 2.40. The minimum Gasteiger partial charge on any atom is -0.493 e. The fraction of sp³-hybridized carbons (Fsp3) is 0.235. The molecule has 2 rings (SSSR count). The average Bonchev–Trinajstić information content (AvgIpc) is 2.59. The fourth-order valence-corrected chi connectivity index (χ4v) is 2.31. The quantitative estimate of drug-likeness (QED) is 0.813. The molecule has 7 heteroatoms. The fourth-order valence-electron chi connectivity index (χ4n) is 2.31. The third kappa shape index (κ3) is 3.68. The van der Waals surface area contributed by atoms with Crippen molar-refractivity contribution in [3.05, 3.63) is 47.8 Å². The molecule has 128 valence electrons. The van der Waals surface area contributed by atoms with E-state index in [9.17, 15) is 9.18 Å². The number of primary amides is 1. The molecule has 1 atom stereocenters. The molecule has 6 nitrogen and oxygen atoms in total. The van der Waals surface area contributed by atoms with Crippen LogP contribution >= 0.6 is 0 Å². The lowest BCUT2D eigenvalue weighted by Crippen LogP contribution is -2.27. The second-order valence-electron chi connectivity index (χ2n) is 4.95. The van der Waals surface area contributed by atoms with Crippen LogP contribution in [0.3, 0.4) is 0 Å². The van der Waals surface area contributed by atoms with Crippen LogP contribution in [0.25, 0.3) is 0 Å². The largest absolute Gasteiger partial charge is 0.493 e. The second-order valence-corrected chi connectivity index (χ2v) is 4.95. The maximum atomic E-state index is 13.1. The molecule has 1 unspecified atom stereocenters. The predicted molar refractivity (Wildman–Crippen MR) is 88.1 cm³/mol. The van der Waals surface area contributed by atoms with Crippen LogP contribution in [-0.2, 0) is 4.79 Å². The zero-order chi connectivity index (χ0) is 17.7. The number of carbonyl (C=O) groups is 1. The van der Waals surface area contributed by atoms with Crippen LogP contribution < -0.4 is 25.3 Å². The van der Waals surface area contributed by atoms with E-state index in [0.717, 1.165) is 0 Å². The van der Waals surface area contributed by atoms with E-state index in [2.05, 4.69) is 5.32 Å². The summed E-state index contributed by atoms with van der Waals surface area (Å²) in [6, 6.07) is 7.99. The first-order valence-electron chi connectivity index (χ1n) is 7.11. The molecule has 3 N–H and O–H groups in total. The van der Waals surface area contributed by atoms with Gasteiger partial charge in [0.05, 0.1) is 21.3 Å². The molecule has 0 saturated carbocycles. The van der Waals surface area contributed by atoms with Crippen LogP contribution in [0, 0.1) is 5.82 Å². The van der Waals surface area contributed by atoms with Crippen molar-refractivity contribution >= 4 is 11.6 Å². The SMILES string of the molecule is COc1cc(NC(C(N)=O)c2ccc(F)cc2)cc(OC)c1OC. The Hall–Kier alpha value is -2.96. The Kier molecular flexibility index (Phi) is 5.47. The zero-order valence-corrected chi connectivity index (χ0v) is 13.6. The molecule has 0 spiro atoms. The first-order valence-corrected chi connectivity index (χ1v) is 7.11. The number of ether oxygens (including phenoxy) is 3. The Balaban J connectivity index is 2.39. The van der Waals surface area contributed by atoms with Gasteiger partial charge in [-0.2, -0.15) is 0 Å². The highest BCUT2D eigenvalue weighted by atomic mass is 19.1. The lowest BCUT2D eigenvalue weighted by Gasteiger charge is -2.20. The maximum absolute atomic E-state index is 13.1. The third-order valence-corrected chi connectivity index (χ3v) is 3.46. The van der Waals surface area contributed by atoms with Crippen LogP contribution in [-0.4, -0.2) is 27.2 Å². The summed E-state index contributed by atoms with van der Waals surface area (Å²) in [4.78, 5) is 11.8. The summed E-state index contributed by atoms with van der Waals surface area (Å²) in [7, 11) is 4.48. The van der Waals surface area contributed by atoms with Crippen LogP contribution in [0.15, 0.2) is 36.4 Å². The molecule has 1 amide bonds. The molecule has 0 aliphatic carbocycles.